The van der Waals surface area contributed by atoms with Crippen LogP contribution in [0.15, 0.2) is 67.1 Å². The van der Waals surface area contributed by atoms with Crippen LogP contribution in [-0.4, -0.2) is 19.7 Å². The zero-order valence-electron chi connectivity index (χ0n) is 13.6. The predicted octanol–water partition coefficient (Wildman–Crippen LogP) is 4.13. The predicted molar refractivity (Wildman–Crippen MR) is 95.1 cm³/mol. The molecular weight excluding hydrogens is 317 g/mol. The first kappa shape index (κ1) is 15.3. The van der Waals surface area contributed by atoms with E-state index < -0.39 is 0 Å². The number of nitrogens with one attached hydrogen (secondary N) is 1. The van der Waals surface area contributed by atoms with Crippen LogP contribution in [0.4, 0.5) is 10.2 Å². The summed E-state index contributed by atoms with van der Waals surface area (Å²) in [7, 11) is 0. The quantitative estimate of drug-likeness (QED) is 0.610. The summed E-state index contributed by atoms with van der Waals surface area (Å²) in [6.07, 6.45) is 3.27. The van der Waals surface area contributed by atoms with Crippen LogP contribution in [0.5, 0.6) is 0 Å². The Hall–Kier alpha value is -3.28. The molecule has 25 heavy (non-hydrogen) atoms. The zero-order chi connectivity index (χ0) is 17.2. The van der Waals surface area contributed by atoms with Crippen molar-refractivity contribution in [2.45, 2.75) is 13.0 Å². The highest BCUT2D eigenvalue weighted by molar-refractivity contribution is 5.87. The Morgan fingerprint density at radius 1 is 1.00 bits per heavy atom. The number of aromatic nitrogens is 4. The molecule has 1 unspecified atom stereocenters. The van der Waals surface area contributed by atoms with E-state index in [0.717, 1.165) is 22.3 Å². The Balaban J connectivity index is 1.69. The zero-order valence-corrected chi connectivity index (χ0v) is 13.6. The van der Waals surface area contributed by atoms with Gasteiger partial charge in [-0.25, -0.2) is 19.0 Å². The van der Waals surface area contributed by atoms with E-state index in [-0.39, 0.29) is 11.9 Å². The summed E-state index contributed by atoms with van der Waals surface area (Å²) in [5.74, 6) is 0.452. The smallest absolute Gasteiger partial charge is 0.168 e. The Labute approximate surface area is 144 Å². The van der Waals surface area contributed by atoms with Crippen LogP contribution in [0.2, 0.25) is 0 Å². The molecule has 0 radical (unpaired) electrons. The maximum atomic E-state index is 13.1. The molecule has 0 amide bonds. The Bertz CT molecular complexity index is 995. The number of benzene rings is 2. The topological polar surface area (TPSA) is 55.6 Å². The first-order valence-corrected chi connectivity index (χ1v) is 7.98. The van der Waals surface area contributed by atoms with E-state index in [1.165, 1.54) is 18.5 Å². The fourth-order valence-corrected chi connectivity index (χ4v) is 2.76. The Morgan fingerprint density at radius 3 is 2.52 bits per heavy atom. The third-order valence-corrected chi connectivity index (χ3v) is 4.09. The van der Waals surface area contributed by atoms with Crippen molar-refractivity contribution in [3.63, 3.8) is 0 Å². The molecule has 0 fully saturated rings. The maximum Gasteiger partial charge on any atom is 0.168 e. The number of para-hydroxylation sites is 1. The van der Waals surface area contributed by atoms with Gasteiger partial charge in [0.05, 0.1) is 17.3 Å². The summed E-state index contributed by atoms with van der Waals surface area (Å²) in [6, 6.07) is 16.2. The number of hydrogen-bond donors (Lipinski definition) is 1. The van der Waals surface area contributed by atoms with Gasteiger partial charge < -0.3 is 5.32 Å². The molecule has 0 saturated heterocycles. The van der Waals surface area contributed by atoms with Crippen LogP contribution >= 0.6 is 0 Å². The van der Waals surface area contributed by atoms with Gasteiger partial charge in [0, 0.05) is 6.04 Å². The molecule has 2 heterocycles. The second kappa shape index (κ2) is 6.32. The lowest BCUT2D eigenvalue weighted by Crippen LogP contribution is -2.08. The third kappa shape index (κ3) is 2.94. The van der Waals surface area contributed by atoms with Crippen LogP contribution in [0, 0.1) is 5.82 Å². The number of hydrogen-bond acceptors (Lipinski definition) is 4. The van der Waals surface area contributed by atoms with Crippen molar-refractivity contribution in [1.29, 1.82) is 0 Å². The second-order valence-corrected chi connectivity index (χ2v) is 5.77. The summed E-state index contributed by atoms with van der Waals surface area (Å²) in [5, 5.41) is 8.63. The van der Waals surface area contributed by atoms with E-state index in [9.17, 15) is 4.39 Å². The van der Waals surface area contributed by atoms with E-state index in [4.69, 9.17) is 0 Å². The van der Waals surface area contributed by atoms with Crippen molar-refractivity contribution in [3.05, 3.63) is 78.5 Å². The monoisotopic (exact) mass is 333 g/mol. The molecule has 1 N–H and O–H groups in total. The fourth-order valence-electron chi connectivity index (χ4n) is 2.76. The van der Waals surface area contributed by atoms with E-state index >= 15 is 0 Å². The molecule has 0 spiro atoms. The molecule has 2 aromatic carbocycles. The molecule has 5 nitrogen and oxygen atoms in total. The molecule has 124 valence electrons. The number of nitrogens with zero attached hydrogens (tertiary/aromatic N) is 4. The van der Waals surface area contributed by atoms with Gasteiger partial charge in [-0.2, -0.15) is 5.10 Å². The molecule has 0 bridgehead atoms. The van der Waals surface area contributed by atoms with Crippen LogP contribution < -0.4 is 5.32 Å². The minimum atomic E-state index is -0.246. The number of anilines is 1. The van der Waals surface area contributed by atoms with Crippen LogP contribution in [-0.2, 0) is 0 Å². The Morgan fingerprint density at radius 2 is 1.76 bits per heavy atom. The molecule has 0 saturated carbocycles. The fraction of sp³-hybridized carbons (Fsp3) is 0.105. The average molecular weight is 333 g/mol. The molecule has 0 aliphatic carbocycles. The van der Waals surface area contributed by atoms with Crippen molar-refractivity contribution < 1.29 is 4.39 Å². The van der Waals surface area contributed by atoms with Crippen LogP contribution in [0.3, 0.4) is 0 Å². The highest BCUT2D eigenvalue weighted by Gasteiger charge is 2.13. The van der Waals surface area contributed by atoms with Gasteiger partial charge in [-0.1, -0.05) is 30.3 Å². The van der Waals surface area contributed by atoms with Crippen LogP contribution in [0.1, 0.15) is 18.5 Å². The SMILES string of the molecule is CC(Nc1ncnc2c1cnn2-c1ccccc1)c1ccc(F)cc1. The van der Waals surface area contributed by atoms with Crippen LogP contribution in [0.25, 0.3) is 16.7 Å². The van der Waals surface area contributed by atoms with Gasteiger partial charge >= 0.3 is 0 Å². The second-order valence-electron chi connectivity index (χ2n) is 5.77. The molecule has 4 aromatic rings. The van der Waals surface area contributed by atoms with Gasteiger partial charge in [-0.05, 0) is 36.8 Å². The van der Waals surface area contributed by atoms with Gasteiger partial charge in [0.1, 0.15) is 18.0 Å². The minimum absolute atomic E-state index is 0.0289. The van der Waals surface area contributed by atoms with Gasteiger partial charge in [-0.15, -0.1) is 0 Å². The summed E-state index contributed by atoms with van der Waals surface area (Å²) in [4.78, 5) is 8.72. The van der Waals surface area contributed by atoms with E-state index in [1.54, 1.807) is 23.0 Å². The third-order valence-electron chi connectivity index (χ3n) is 4.09. The van der Waals surface area contributed by atoms with Gasteiger partial charge in [0.2, 0.25) is 0 Å². The molecule has 0 aliphatic heterocycles. The molecule has 1 atom stereocenters. The summed E-state index contributed by atoms with van der Waals surface area (Å²) < 4.78 is 14.9. The van der Waals surface area contributed by atoms with Crippen molar-refractivity contribution in [2.24, 2.45) is 0 Å². The number of rotatable bonds is 4. The normalized spacial score (nSPS) is 12.2. The summed E-state index contributed by atoms with van der Waals surface area (Å²) >= 11 is 0. The number of halogens is 1. The first-order chi connectivity index (χ1) is 12.2. The Kier molecular flexibility index (Phi) is 3.85. The van der Waals surface area contributed by atoms with Gasteiger partial charge in [0.25, 0.3) is 0 Å². The van der Waals surface area contributed by atoms with E-state index in [0.29, 0.717) is 5.82 Å². The molecule has 4 rings (SSSR count). The molecular formula is C19H16FN5. The van der Waals surface area contributed by atoms with E-state index in [1.807, 2.05) is 37.3 Å². The standard InChI is InChI=1S/C19H16FN5/c1-13(14-7-9-15(20)10-8-14)24-18-17-11-23-25(19(17)22-12-21-18)16-5-3-2-4-6-16/h2-13H,1H3,(H,21,22,24). The lowest BCUT2D eigenvalue weighted by molar-refractivity contribution is 0.626. The largest absolute Gasteiger partial charge is 0.363 e. The van der Waals surface area contributed by atoms with Crippen molar-refractivity contribution >= 4 is 16.9 Å². The van der Waals surface area contributed by atoms with Crippen molar-refractivity contribution in [1.82, 2.24) is 19.7 Å². The lowest BCUT2D eigenvalue weighted by atomic mass is 10.1. The molecule has 0 aliphatic rings. The van der Waals surface area contributed by atoms with Gasteiger partial charge in [0.15, 0.2) is 5.65 Å². The van der Waals surface area contributed by atoms with E-state index in [2.05, 4.69) is 20.4 Å². The summed E-state index contributed by atoms with van der Waals surface area (Å²) in [6.45, 7) is 2.00. The van der Waals surface area contributed by atoms with Gasteiger partial charge in [-0.3, -0.25) is 0 Å². The maximum absolute atomic E-state index is 13.1. The highest BCUT2D eigenvalue weighted by atomic mass is 19.1. The number of fused-ring (bicyclic) bond motifs is 1. The lowest BCUT2D eigenvalue weighted by Gasteiger charge is -2.15. The van der Waals surface area contributed by atoms with Crippen molar-refractivity contribution in [3.8, 4) is 5.69 Å². The first-order valence-electron chi connectivity index (χ1n) is 7.98. The molecule has 6 heteroatoms. The molecule has 2 aromatic heterocycles. The van der Waals surface area contributed by atoms with Crippen molar-refractivity contribution in [2.75, 3.05) is 5.32 Å². The average Bonchev–Trinajstić information content (AvgIpc) is 3.08. The minimum Gasteiger partial charge on any atom is -0.363 e. The highest BCUT2D eigenvalue weighted by Crippen LogP contribution is 2.25. The summed E-state index contributed by atoms with van der Waals surface area (Å²) in [5.41, 5.74) is 2.65.